The Kier molecular flexibility index (Phi) is 4.64. The summed E-state index contributed by atoms with van der Waals surface area (Å²) in [5.41, 5.74) is 0.535. The lowest BCUT2D eigenvalue weighted by molar-refractivity contribution is -0.0506. The molecule has 100 valence electrons. The van der Waals surface area contributed by atoms with Crippen LogP contribution in [0.2, 0.25) is 0 Å². The highest BCUT2D eigenvalue weighted by molar-refractivity contribution is 5.64. The van der Waals surface area contributed by atoms with E-state index in [1.165, 1.54) is 13.2 Å². The van der Waals surface area contributed by atoms with E-state index in [1.54, 1.807) is 6.92 Å². The zero-order chi connectivity index (χ0) is 13.7. The molecule has 0 aliphatic carbocycles. The third kappa shape index (κ3) is 3.72. The molecule has 6 nitrogen and oxygen atoms in total. The van der Waals surface area contributed by atoms with Crippen molar-refractivity contribution in [2.24, 2.45) is 0 Å². The fraction of sp³-hybridized carbons (Fsp3) is 0.400. The molecule has 0 aliphatic heterocycles. The second-order valence-corrected chi connectivity index (χ2v) is 3.29. The molecule has 2 N–H and O–H groups in total. The molecular weight excluding hydrogens is 250 g/mol. The number of hydrogen-bond acceptors (Lipinski definition) is 4. The second-order valence-electron chi connectivity index (χ2n) is 3.29. The van der Waals surface area contributed by atoms with Crippen molar-refractivity contribution in [3.63, 3.8) is 0 Å². The van der Waals surface area contributed by atoms with E-state index in [2.05, 4.69) is 9.72 Å². The fourth-order valence-electron chi connectivity index (χ4n) is 1.34. The number of nitrogens with zero attached hydrogens (tertiary/aromatic N) is 1. The van der Waals surface area contributed by atoms with Crippen molar-refractivity contribution in [3.8, 4) is 11.6 Å². The van der Waals surface area contributed by atoms with Crippen LogP contribution < -0.4 is 14.8 Å². The van der Waals surface area contributed by atoms with Gasteiger partial charge >= 0.3 is 12.7 Å². The van der Waals surface area contributed by atoms with Crippen molar-refractivity contribution in [1.29, 1.82) is 0 Å². The first-order chi connectivity index (χ1) is 8.43. The lowest BCUT2D eigenvalue weighted by Crippen LogP contribution is -2.21. The number of hydrogen-bond donors (Lipinski definition) is 2. The molecule has 0 atom stereocenters. The number of halogens is 2. The first kappa shape index (κ1) is 13.9. The van der Waals surface area contributed by atoms with Crippen molar-refractivity contribution in [2.45, 2.75) is 20.1 Å². The molecule has 1 amide bonds. The molecule has 0 fully saturated rings. The summed E-state index contributed by atoms with van der Waals surface area (Å²) in [6.45, 7) is -1.68. The molecule has 0 aromatic carbocycles. The Morgan fingerprint density at radius 2 is 2.28 bits per heavy atom. The van der Waals surface area contributed by atoms with Gasteiger partial charge in [0.2, 0.25) is 5.88 Å². The summed E-state index contributed by atoms with van der Waals surface area (Å²) < 4.78 is 33.7. The number of aryl methyl sites for hydroxylation is 1. The summed E-state index contributed by atoms with van der Waals surface area (Å²) in [5.74, 6) is -0.123. The minimum atomic E-state index is -3.01. The van der Waals surface area contributed by atoms with E-state index in [0.29, 0.717) is 5.69 Å². The van der Waals surface area contributed by atoms with Gasteiger partial charge in [0.15, 0.2) is 0 Å². The summed E-state index contributed by atoms with van der Waals surface area (Å²) in [7, 11) is 1.30. The van der Waals surface area contributed by atoms with Crippen LogP contribution in [0, 0.1) is 6.92 Å². The Balaban J connectivity index is 3.10. The minimum Gasteiger partial charge on any atom is -0.481 e. The number of aromatic nitrogens is 1. The van der Waals surface area contributed by atoms with E-state index in [-0.39, 0.29) is 23.7 Å². The number of methoxy groups -OCH3 is 1. The van der Waals surface area contributed by atoms with Crippen LogP contribution in [0.15, 0.2) is 6.07 Å². The highest BCUT2D eigenvalue weighted by Gasteiger charge is 2.17. The number of ether oxygens (including phenoxy) is 2. The number of rotatable bonds is 5. The lowest BCUT2D eigenvalue weighted by Gasteiger charge is -2.14. The van der Waals surface area contributed by atoms with Gasteiger partial charge in [-0.25, -0.2) is 9.78 Å². The number of carbonyl (C=O) groups is 1. The Bertz CT molecular complexity index is 440. The van der Waals surface area contributed by atoms with Gasteiger partial charge < -0.3 is 19.9 Å². The summed E-state index contributed by atoms with van der Waals surface area (Å²) >= 11 is 0. The smallest absolute Gasteiger partial charge is 0.404 e. The molecule has 1 rings (SSSR count). The third-order valence-corrected chi connectivity index (χ3v) is 2.00. The van der Waals surface area contributed by atoms with Crippen LogP contribution in [-0.4, -0.2) is 29.9 Å². The average Bonchev–Trinajstić information content (AvgIpc) is 2.25. The number of pyridine rings is 1. The van der Waals surface area contributed by atoms with E-state index in [4.69, 9.17) is 9.84 Å². The van der Waals surface area contributed by atoms with Crippen LogP contribution in [0.3, 0.4) is 0 Å². The van der Waals surface area contributed by atoms with Crippen molar-refractivity contribution in [1.82, 2.24) is 10.3 Å². The predicted molar refractivity (Wildman–Crippen MR) is 57.0 cm³/mol. The van der Waals surface area contributed by atoms with Gasteiger partial charge in [-0.1, -0.05) is 0 Å². The summed E-state index contributed by atoms with van der Waals surface area (Å²) in [6.07, 6.45) is -1.29. The Morgan fingerprint density at radius 1 is 1.61 bits per heavy atom. The van der Waals surface area contributed by atoms with Gasteiger partial charge in [-0.3, -0.25) is 0 Å². The van der Waals surface area contributed by atoms with Gasteiger partial charge in [-0.15, -0.1) is 0 Å². The molecule has 0 unspecified atom stereocenters. The third-order valence-electron chi connectivity index (χ3n) is 2.00. The number of alkyl halides is 2. The van der Waals surface area contributed by atoms with Gasteiger partial charge in [0, 0.05) is 11.8 Å². The van der Waals surface area contributed by atoms with E-state index in [9.17, 15) is 13.6 Å². The van der Waals surface area contributed by atoms with E-state index in [1.807, 2.05) is 5.32 Å². The second kappa shape index (κ2) is 5.99. The van der Waals surface area contributed by atoms with Crippen molar-refractivity contribution >= 4 is 6.09 Å². The van der Waals surface area contributed by atoms with Crippen LogP contribution in [-0.2, 0) is 6.54 Å². The van der Waals surface area contributed by atoms with Gasteiger partial charge in [0.05, 0.1) is 19.2 Å². The molecule has 0 saturated heterocycles. The number of nitrogens with one attached hydrogen (secondary N) is 1. The van der Waals surface area contributed by atoms with Crippen molar-refractivity contribution in [3.05, 3.63) is 17.3 Å². The SMILES string of the molecule is COc1nc(C)cc(OC(F)F)c1CNC(=O)O. The van der Waals surface area contributed by atoms with Gasteiger partial charge in [0.25, 0.3) is 0 Å². The maximum absolute atomic E-state index is 12.2. The normalized spacial score (nSPS) is 10.3. The highest BCUT2D eigenvalue weighted by Crippen LogP contribution is 2.28. The molecule has 0 spiro atoms. The molecule has 0 radical (unpaired) electrons. The fourth-order valence-corrected chi connectivity index (χ4v) is 1.34. The van der Waals surface area contributed by atoms with Crippen LogP contribution in [0.1, 0.15) is 11.3 Å². The van der Waals surface area contributed by atoms with Crippen molar-refractivity contribution < 1.29 is 28.2 Å². The summed E-state index contributed by atoms with van der Waals surface area (Å²) in [5, 5.41) is 10.5. The minimum absolute atomic E-state index is 0.0411. The van der Waals surface area contributed by atoms with Crippen LogP contribution in [0.4, 0.5) is 13.6 Å². The van der Waals surface area contributed by atoms with Gasteiger partial charge in [0.1, 0.15) is 5.75 Å². The molecular formula is C10H12F2N2O4. The molecule has 1 aromatic heterocycles. The van der Waals surface area contributed by atoms with Crippen LogP contribution in [0.5, 0.6) is 11.6 Å². The zero-order valence-corrected chi connectivity index (χ0v) is 9.74. The highest BCUT2D eigenvalue weighted by atomic mass is 19.3. The van der Waals surface area contributed by atoms with E-state index in [0.717, 1.165) is 0 Å². The quantitative estimate of drug-likeness (QED) is 0.845. The zero-order valence-electron chi connectivity index (χ0n) is 9.74. The maximum atomic E-state index is 12.2. The largest absolute Gasteiger partial charge is 0.481 e. The molecule has 0 saturated carbocycles. The number of amides is 1. The average molecular weight is 262 g/mol. The number of carboxylic acid groups (broad SMARTS) is 1. The Morgan fingerprint density at radius 3 is 2.78 bits per heavy atom. The molecule has 0 aliphatic rings. The monoisotopic (exact) mass is 262 g/mol. The van der Waals surface area contributed by atoms with E-state index < -0.39 is 12.7 Å². The predicted octanol–water partition coefficient (Wildman–Crippen LogP) is 1.77. The van der Waals surface area contributed by atoms with E-state index >= 15 is 0 Å². The first-order valence-electron chi connectivity index (χ1n) is 4.90. The summed E-state index contributed by atoms with van der Waals surface area (Å²) in [4.78, 5) is 14.4. The van der Waals surface area contributed by atoms with Gasteiger partial charge in [-0.05, 0) is 6.92 Å². The standard InChI is InChI=1S/C10H12F2N2O4/c1-5-3-7(18-9(11)12)6(4-13-10(15)16)8(14-5)17-2/h3,9,13H,4H2,1-2H3,(H,15,16). The molecule has 0 bridgehead atoms. The topological polar surface area (TPSA) is 80.7 Å². The molecule has 1 aromatic rings. The van der Waals surface area contributed by atoms with Crippen LogP contribution >= 0.6 is 0 Å². The molecule has 1 heterocycles. The van der Waals surface area contributed by atoms with Crippen molar-refractivity contribution in [2.75, 3.05) is 7.11 Å². The van der Waals surface area contributed by atoms with Gasteiger partial charge in [-0.2, -0.15) is 8.78 Å². The summed E-state index contributed by atoms with van der Waals surface area (Å²) in [6, 6.07) is 1.29. The lowest BCUT2D eigenvalue weighted by atomic mass is 10.2. The Labute approximate surface area is 102 Å². The van der Waals surface area contributed by atoms with Crippen LogP contribution in [0.25, 0.3) is 0 Å². The maximum Gasteiger partial charge on any atom is 0.404 e. The molecule has 8 heteroatoms. The molecule has 18 heavy (non-hydrogen) atoms. The Hall–Kier alpha value is -2.12. The first-order valence-corrected chi connectivity index (χ1v) is 4.90.